The van der Waals surface area contributed by atoms with Gasteiger partial charge < -0.3 is 19.5 Å². The van der Waals surface area contributed by atoms with Crippen LogP contribution in [0.2, 0.25) is 0 Å². The van der Waals surface area contributed by atoms with E-state index in [0.29, 0.717) is 29.4 Å². The van der Waals surface area contributed by atoms with Gasteiger partial charge in [0.1, 0.15) is 5.75 Å². The van der Waals surface area contributed by atoms with Crippen LogP contribution in [-0.4, -0.2) is 38.0 Å². The second-order valence-corrected chi connectivity index (χ2v) is 6.68. The number of rotatable bonds is 7. The SMILES string of the molecule is CCOc1ccc2ccccc2c1C=NNC(=O)CNC(=O)c1ccc2c(c1)OCO2. The van der Waals surface area contributed by atoms with Gasteiger partial charge in [-0.1, -0.05) is 30.3 Å². The fourth-order valence-corrected chi connectivity index (χ4v) is 3.20. The van der Waals surface area contributed by atoms with E-state index in [9.17, 15) is 9.59 Å². The van der Waals surface area contributed by atoms with E-state index >= 15 is 0 Å². The molecule has 0 aromatic heterocycles. The molecular formula is C23H21N3O5. The van der Waals surface area contributed by atoms with Gasteiger partial charge >= 0.3 is 0 Å². The summed E-state index contributed by atoms with van der Waals surface area (Å²) in [5.41, 5.74) is 3.57. The van der Waals surface area contributed by atoms with E-state index in [1.165, 1.54) is 0 Å². The Hall–Kier alpha value is -4.07. The third kappa shape index (κ3) is 4.58. The first-order valence-corrected chi connectivity index (χ1v) is 9.80. The summed E-state index contributed by atoms with van der Waals surface area (Å²) in [6.07, 6.45) is 1.55. The Morgan fingerprint density at radius 1 is 1.10 bits per heavy atom. The smallest absolute Gasteiger partial charge is 0.259 e. The maximum Gasteiger partial charge on any atom is 0.259 e. The van der Waals surface area contributed by atoms with Crippen molar-refractivity contribution in [1.29, 1.82) is 0 Å². The first kappa shape index (κ1) is 20.2. The Morgan fingerprint density at radius 3 is 2.81 bits per heavy atom. The standard InChI is InChI=1S/C23H21N3O5/c1-2-29-19-9-7-15-5-3-4-6-17(15)18(19)12-25-26-22(27)13-24-23(28)16-8-10-20-21(11-16)31-14-30-20/h3-12H,2,13-14H2,1H3,(H,24,28)(H,26,27). The highest BCUT2D eigenvalue weighted by Gasteiger charge is 2.16. The predicted octanol–water partition coefficient (Wildman–Crippen LogP) is 2.85. The molecule has 1 aliphatic heterocycles. The van der Waals surface area contributed by atoms with Gasteiger partial charge in [0.05, 0.1) is 19.4 Å². The largest absolute Gasteiger partial charge is 0.493 e. The minimum Gasteiger partial charge on any atom is -0.493 e. The second-order valence-electron chi connectivity index (χ2n) is 6.68. The third-order valence-corrected chi connectivity index (χ3v) is 4.66. The van der Waals surface area contributed by atoms with Crippen molar-refractivity contribution >= 4 is 28.8 Å². The lowest BCUT2D eigenvalue weighted by Gasteiger charge is -2.10. The highest BCUT2D eigenvalue weighted by Crippen LogP contribution is 2.32. The number of hydrogen-bond donors (Lipinski definition) is 2. The number of hydrogen-bond acceptors (Lipinski definition) is 6. The lowest BCUT2D eigenvalue weighted by Crippen LogP contribution is -2.34. The fraction of sp³-hybridized carbons (Fsp3) is 0.174. The minimum atomic E-state index is -0.455. The van der Waals surface area contributed by atoms with E-state index in [1.54, 1.807) is 24.4 Å². The van der Waals surface area contributed by atoms with Crippen molar-refractivity contribution in [2.24, 2.45) is 5.10 Å². The molecular weight excluding hydrogens is 398 g/mol. The zero-order valence-electron chi connectivity index (χ0n) is 16.9. The van der Waals surface area contributed by atoms with Gasteiger partial charge in [0, 0.05) is 11.1 Å². The summed E-state index contributed by atoms with van der Waals surface area (Å²) in [7, 11) is 0. The zero-order valence-corrected chi connectivity index (χ0v) is 16.9. The summed E-state index contributed by atoms with van der Waals surface area (Å²) in [6.45, 7) is 2.32. The van der Waals surface area contributed by atoms with Crippen molar-refractivity contribution in [3.8, 4) is 17.2 Å². The molecule has 3 aromatic rings. The molecule has 158 valence electrons. The molecule has 4 rings (SSSR count). The molecule has 0 fully saturated rings. The van der Waals surface area contributed by atoms with Crippen LogP contribution < -0.4 is 25.0 Å². The van der Waals surface area contributed by atoms with Gasteiger partial charge in [0.15, 0.2) is 11.5 Å². The van der Waals surface area contributed by atoms with Crippen molar-refractivity contribution < 1.29 is 23.8 Å². The zero-order chi connectivity index (χ0) is 21.6. The van der Waals surface area contributed by atoms with E-state index in [4.69, 9.17) is 14.2 Å². The van der Waals surface area contributed by atoms with Gasteiger partial charge in [-0.25, -0.2) is 5.43 Å². The minimum absolute atomic E-state index is 0.128. The molecule has 1 aliphatic rings. The number of fused-ring (bicyclic) bond motifs is 2. The molecule has 0 atom stereocenters. The van der Waals surface area contributed by atoms with Crippen LogP contribution in [0.5, 0.6) is 17.2 Å². The normalized spacial score (nSPS) is 12.2. The Kier molecular flexibility index (Phi) is 5.98. The summed E-state index contributed by atoms with van der Waals surface area (Å²) < 4.78 is 16.2. The van der Waals surface area contributed by atoms with E-state index in [-0.39, 0.29) is 13.3 Å². The second kappa shape index (κ2) is 9.17. The summed E-state index contributed by atoms with van der Waals surface area (Å²) in [5, 5.41) is 8.59. The van der Waals surface area contributed by atoms with Gasteiger partial charge in [-0.2, -0.15) is 5.10 Å². The number of carbonyl (C=O) groups excluding carboxylic acids is 2. The monoisotopic (exact) mass is 419 g/mol. The summed E-state index contributed by atoms with van der Waals surface area (Å²) in [6, 6.07) is 16.5. The first-order chi connectivity index (χ1) is 15.2. The number of ether oxygens (including phenoxy) is 3. The molecule has 1 heterocycles. The number of benzene rings is 3. The van der Waals surface area contributed by atoms with Gasteiger partial charge in [-0.15, -0.1) is 0 Å². The molecule has 0 saturated heterocycles. The van der Waals surface area contributed by atoms with Crippen LogP contribution in [-0.2, 0) is 4.79 Å². The van der Waals surface area contributed by atoms with E-state index in [0.717, 1.165) is 16.3 Å². The number of amides is 2. The van der Waals surface area contributed by atoms with E-state index in [1.807, 2.05) is 43.3 Å². The lowest BCUT2D eigenvalue weighted by atomic mass is 10.0. The number of nitrogens with zero attached hydrogens (tertiary/aromatic N) is 1. The van der Waals surface area contributed by atoms with Crippen LogP contribution >= 0.6 is 0 Å². The molecule has 0 saturated carbocycles. The maximum atomic E-state index is 12.3. The number of carbonyl (C=O) groups is 2. The summed E-state index contributed by atoms with van der Waals surface area (Å²) in [5.74, 6) is 0.911. The molecule has 31 heavy (non-hydrogen) atoms. The van der Waals surface area contributed by atoms with Crippen molar-refractivity contribution in [2.45, 2.75) is 6.92 Å². The van der Waals surface area contributed by atoms with Crippen LogP contribution in [0.1, 0.15) is 22.8 Å². The molecule has 0 aliphatic carbocycles. The van der Waals surface area contributed by atoms with Gasteiger partial charge in [0.2, 0.25) is 6.79 Å². The topological polar surface area (TPSA) is 98.2 Å². The Morgan fingerprint density at radius 2 is 1.94 bits per heavy atom. The van der Waals surface area contributed by atoms with Crippen LogP contribution in [0.15, 0.2) is 59.7 Å². The van der Waals surface area contributed by atoms with Crippen LogP contribution in [0, 0.1) is 0 Å². The van der Waals surface area contributed by atoms with Crippen LogP contribution in [0.4, 0.5) is 0 Å². The van der Waals surface area contributed by atoms with Crippen LogP contribution in [0.3, 0.4) is 0 Å². The molecule has 2 amide bonds. The number of hydrazone groups is 1. The molecule has 3 aromatic carbocycles. The fourth-order valence-electron chi connectivity index (χ4n) is 3.20. The quantitative estimate of drug-likeness (QED) is 0.453. The summed E-state index contributed by atoms with van der Waals surface area (Å²) >= 11 is 0. The van der Waals surface area contributed by atoms with Gasteiger partial charge in [-0.05, 0) is 42.0 Å². The third-order valence-electron chi connectivity index (χ3n) is 4.66. The van der Waals surface area contributed by atoms with Crippen molar-refractivity contribution in [3.05, 3.63) is 65.7 Å². The van der Waals surface area contributed by atoms with Crippen molar-refractivity contribution in [1.82, 2.24) is 10.7 Å². The number of nitrogens with one attached hydrogen (secondary N) is 2. The molecule has 0 bridgehead atoms. The molecule has 0 radical (unpaired) electrons. The molecule has 0 spiro atoms. The highest BCUT2D eigenvalue weighted by atomic mass is 16.7. The van der Waals surface area contributed by atoms with Gasteiger partial charge in [0.25, 0.3) is 11.8 Å². The Bertz CT molecular complexity index is 1160. The molecule has 8 nitrogen and oxygen atoms in total. The van der Waals surface area contributed by atoms with Crippen LogP contribution in [0.25, 0.3) is 10.8 Å². The van der Waals surface area contributed by atoms with E-state index < -0.39 is 11.8 Å². The molecule has 2 N–H and O–H groups in total. The predicted molar refractivity (Wildman–Crippen MR) is 116 cm³/mol. The Labute approximate surface area is 178 Å². The Balaban J connectivity index is 1.37. The van der Waals surface area contributed by atoms with Crippen molar-refractivity contribution in [2.75, 3.05) is 19.9 Å². The maximum absolute atomic E-state index is 12.3. The first-order valence-electron chi connectivity index (χ1n) is 9.80. The highest BCUT2D eigenvalue weighted by molar-refractivity contribution is 6.03. The average molecular weight is 419 g/mol. The molecule has 0 unspecified atom stereocenters. The van der Waals surface area contributed by atoms with E-state index in [2.05, 4.69) is 15.8 Å². The van der Waals surface area contributed by atoms with Crippen molar-refractivity contribution in [3.63, 3.8) is 0 Å². The molecule has 8 heteroatoms. The lowest BCUT2D eigenvalue weighted by molar-refractivity contribution is -0.120. The van der Waals surface area contributed by atoms with Gasteiger partial charge in [-0.3, -0.25) is 9.59 Å². The average Bonchev–Trinajstić information content (AvgIpc) is 3.26. The summed E-state index contributed by atoms with van der Waals surface area (Å²) in [4.78, 5) is 24.4.